The van der Waals surface area contributed by atoms with Gasteiger partial charge in [0.05, 0.1) is 5.69 Å². The molecule has 1 aliphatic rings. The van der Waals surface area contributed by atoms with Gasteiger partial charge in [0.2, 0.25) is 0 Å². The fourth-order valence-electron chi connectivity index (χ4n) is 2.20. The third-order valence-electron chi connectivity index (χ3n) is 3.45. The van der Waals surface area contributed by atoms with Gasteiger partial charge in [-0.15, -0.1) is 0 Å². The van der Waals surface area contributed by atoms with Gasteiger partial charge in [-0.3, -0.25) is 4.98 Å². The lowest BCUT2D eigenvalue weighted by Crippen LogP contribution is -2.32. The molecule has 0 spiro atoms. The first-order chi connectivity index (χ1) is 8.65. The molecule has 1 aromatic rings. The number of rotatable bonds is 4. The molecule has 1 fully saturated rings. The summed E-state index contributed by atoms with van der Waals surface area (Å²) >= 11 is 4.93. The summed E-state index contributed by atoms with van der Waals surface area (Å²) in [4.78, 5) is 6.86. The van der Waals surface area contributed by atoms with Crippen LogP contribution >= 0.6 is 12.2 Å². The molecule has 0 bridgehead atoms. The fraction of sp³-hybridized carbons (Fsp3) is 0.538. The summed E-state index contributed by atoms with van der Waals surface area (Å²) in [7, 11) is 2.18. The van der Waals surface area contributed by atoms with Crippen LogP contribution in [-0.2, 0) is 0 Å². The Balaban J connectivity index is 1.86. The Kier molecular flexibility index (Phi) is 4.49. The normalized spacial score (nSPS) is 17.6. The van der Waals surface area contributed by atoms with E-state index >= 15 is 0 Å². The predicted octanol–water partition coefficient (Wildman–Crippen LogP) is 1.47. The highest BCUT2D eigenvalue weighted by Gasteiger charge is 2.16. The smallest absolute Gasteiger partial charge is 0.122 e. The van der Waals surface area contributed by atoms with E-state index in [0.717, 1.165) is 18.2 Å². The van der Waals surface area contributed by atoms with Crippen molar-refractivity contribution in [2.75, 3.05) is 32.0 Å². The maximum atomic E-state index is 5.57. The van der Waals surface area contributed by atoms with Crippen molar-refractivity contribution in [3.63, 3.8) is 0 Å². The topological polar surface area (TPSA) is 54.2 Å². The molecule has 0 amide bonds. The minimum absolute atomic E-state index is 0.345. The van der Waals surface area contributed by atoms with Crippen LogP contribution in [0.2, 0.25) is 0 Å². The van der Waals surface area contributed by atoms with Crippen molar-refractivity contribution in [2.24, 2.45) is 11.7 Å². The van der Waals surface area contributed by atoms with Crippen LogP contribution in [0.25, 0.3) is 0 Å². The number of anilines is 1. The van der Waals surface area contributed by atoms with Crippen LogP contribution in [-0.4, -0.2) is 41.6 Å². The van der Waals surface area contributed by atoms with Crippen LogP contribution in [0.5, 0.6) is 0 Å². The van der Waals surface area contributed by atoms with E-state index in [0.29, 0.717) is 10.7 Å². The zero-order chi connectivity index (χ0) is 13.0. The van der Waals surface area contributed by atoms with Crippen molar-refractivity contribution in [1.29, 1.82) is 0 Å². The zero-order valence-corrected chi connectivity index (χ0v) is 11.5. The van der Waals surface area contributed by atoms with Crippen LogP contribution < -0.4 is 11.1 Å². The van der Waals surface area contributed by atoms with Crippen molar-refractivity contribution in [3.05, 3.63) is 24.0 Å². The lowest BCUT2D eigenvalue weighted by Gasteiger charge is -2.29. The Hall–Kier alpha value is -1.20. The second-order valence-corrected chi connectivity index (χ2v) is 5.36. The lowest BCUT2D eigenvalue weighted by molar-refractivity contribution is 0.226. The third-order valence-corrected chi connectivity index (χ3v) is 3.65. The summed E-state index contributed by atoms with van der Waals surface area (Å²) < 4.78 is 0. The monoisotopic (exact) mass is 264 g/mol. The second-order valence-electron chi connectivity index (χ2n) is 4.92. The number of hydrogen-bond acceptors (Lipinski definition) is 4. The van der Waals surface area contributed by atoms with Gasteiger partial charge < -0.3 is 16.0 Å². The summed E-state index contributed by atoms with van der Waals surface area (Å²) in [5.41, 5.74) is 7.30. The van der Waals surface area contributed by atoms with Crippen molar-refractivity contribution >= 4 is 22.9 Å². The zero-order valence-electron chi connectivity index (χ0n) is 10.7. The van der Waals surface area contributed by atoms with E-state index in [4.69, 9.17) is 18.0 Å². The van der Waals surface area contributed by atoms with Gasteiger partial charge in [0.1, 0.15) is 4.99 Å². The van der Waals surface area contributed by atoms with Gasteiger partial charge in [0.15, 0.2) is 0 Å². The molecule has 0 aliphatic carbocycles. The molecule has 3 N–H and O–H groups in total. The number of thiocarbonyl (C=S) groups is 1. The first kappa shape index (κ1) is 13.2. The Labute approximate surface area is 114 Å². The van der Waals surface area contributed by atoms with Crippen LogP contribution in [0, 0.1) is 5.92 Å². The summed E-state index contributed by atoms with van der Waals surface area (Å²) in [6.45, 7) is 3.40. The van der Waals surface area contributed by atoms with Crippen LogP contribution in [0.3, 0.4) is 0 Å². The molecule has 0 unspecified atom stereocenters. The molecule has 1 aliphatic heterocycles. The summed E-state index contributed by atoms with van der Waals surface area (Å²) in [6, 6.07) is 3.87. The highest BCUT2D eigenvalue weighted by atomic mass is 32.1. The quantitative estimate of drug-likeness (QED) is 0.807. The van der Waals surface area contributed by atoms with E-state index < -0.39 is 0 Å². The van der Waals surface area contributed by atoms with Gasteiger partial charge in [0.25, 0.3) is 0 Å². The number of nitrogens with two attached hydrogens (primary N) is 1. The van der Waals surface area contributed by atoms with E-state index in [9.17, 15) is 0 Å². The number of nitrogens with one attached hydrogen (secondary N) is 1. The van der Waals surface area contributed by atoms with Crippen molar-refractivity contribution < 1.29 is 0 Å². The minimum atomic E-state index is 0.345. The maximum Gasteiger partial charge on any atom is 0.122 e. The van der Waals surface area contributed by atoms with Gasteiger partial charge in [-0.1, -0.05) is 12.2 Å². The summed E-state index contributed by atoms with van der Waals surface area (Å²) in [6.07, 6.45) is 4.26. The summed E-state index contributed by atoms with van der Waals surface area (Å²) in [5, 5.41) is 3.45. The first-order valence-corrected chi connectivity index (χ1v) is 6.74. The molecule has 4 nitrogen and oxygen atoms in total. The third kappa shape index (κ3) is 3.65. The molecule has 1 aromatic heterocycles. The van der Waals surface area contributed by atoms with Crippen LogP contribution in [0.4, 0.5) is 5.69 Å². The number of nitrogens with zero attached hydrogens (tertiary/aromatic N) is 2. The van der Waals surface area contributed by atoms with Crippen molar-refractivity contribution in [3.8, 4) is 0 Å². The molecule has 5 heteroatoms. The van der Waals surface area contributed by atoms with E-state index in [-0.39, 0.29) is 0 Å². The summed E-state index contributed by atoms with van der Waals surface area (Å²) in [5.74, 6) is 0.752. The van der Waals surface area contributed by atoms with Gasteiger partial charge >= 0.3 is 0 Å². The van der Waals surface area contributed by atoms with E-state index in [1.165, 1.54) is 25.9 Å². The van der Waals surface area contributed by atoms with Gasteiger partial charge in [-0.25, -0.2) is 0 Å². The van der Waals surface area contributed by atoms with E-state index in [1.807, 2.05) is 12.1 Å². The Morgan fingerprint density at radius 3 is 2.94 bits per heavy atom. The maximum absolute atomic E-state index is 5.57. The van der Waals surface area contributed by atoms with Gasteiger partial charge in [-0.05, 0) is 51.0 Å². The molecule has 0 saturated carbocycles. The molecule has 0 aromatic carbocycles. The number of hydrogen-bond donors (Lipinski definition) is 2. The molecular formula is C13H20N4S. The SMILES string of the molecule is CN1CCC(CNc2ccnc(C(N)=S)c2)CC1. The molecule has 2 heterocycles. The molecule has 0 radical (unpaired) electrons. The fourth-order valence-corrected chi connectivity index (χ4v) is 2.32. The largest absolute Gasteiger partial charge is 0.388 e. The Morgan fingerprint density at radius 2 is 2.28 bits per heavy atom. The molecule has 1 saturated heterocycles. The van der Waals surface area contributed by atoms with Crippen molar-refractivity contribution in [2.45, 2.75) is 12.8 Å². The van der Waals surface area contributed by atoms with Crippen LogP contribution in [0.1, 0.15) is 18.5 Å². The first-order valence-electron chi connectivity index (χ1n) is 6.33. The number of pyridine rings is 1. The van der Waals surface area contributed by atoms with E-state index in [1.54, 1.807) is 6.20 Å². The average Bonchev–Trinajstić information content (AvgIpc) is 2.38. The standard InChI is InChI=1S/C13H20N4S/c1-17-6-3-10(4-7-17)9-16-11-2-5-15-12(8-11)13(14)18/h2,5,8,10H,3-4,6-7,9H2,1H3,(H2,14,18)(H,15,16). The van der Waals surface area contributed by atoms with E-state index in [2.05, 4.69) is 22.2 Å². The highest BCUT2D eigenvalue weighted by molar-refractivity contribution is 7.80. The number of likely N-dealkylation sites (tertiary alicyclic amines) is 1. The molecule has 98 valence electrons. The van der Waals surface area contributed by atoms with Gasteiger partial charge in [0, 0.05) is 18.4 Å². The van der Waals surface area contributed by atoms with Crippen LogP contribution in [0.15, 0.2) is 18.3 Å². The minimum Gasteiger partial charge on any atom is -0.388 e. The Bertz CT molecular complexity index is 413. The second kappa shape index (κ2) is 6.11. The molecule has 0 atom stereocenters. The molecule has 18 heavy (non-hydrogen) atoms. The molecule has 2 rings (SSSR count). The number of aromatic nitrogens is 1. The van der Waals surface area contributed by atoms with Crippen molar-refractivity contribution in [1.82, 2.24) is 9.88 Å². The average molecular weight is 264 g/mol. The predicted molar refractivity (Wildman–Crippen MR) is 78.8 cm³/mol. The highest BCUT2D eigenvalue weighted by Crippen LogP contribution is 2.17. The molecular weight excluding hydrogens is 244 g/mol. The Morgan fingerprint density at radius 1 is 1.56 bits per heavy atom. The number of piperidine rings is 1. The van der Waals surface area contributed by atoms with Gasteiger partial charge in [-0.2, -0.15) is 0 Å². The lowest BCUT2D eigenvalue weighted by atomic mass is 9.97.